The van der Waals surface area contributed by atoms with Gasteiger partial charge in [0.15, 0.2) is 0 Å². The van der Waals surface area contributed by atoms with Crippen LogP contribution in [0.2, 0.25) is 0 Å². The summed E-state index contributed by atoms with van der Waals surface area (Å²) in [5, 5.41) is 0. The molecule has 1 fully saturated rings. The van der Waals surface area contributed by atoms with Crippen LogP contribution < -0.4 is 10.2 Å². The maximum atomic E-state index is 11.6. The van der Waals surface area contributed by atoms with E-state index in [4.69, 9.17) is 23.5 Å². The van der Waals surface area contributed by atoms with Gasteiger partial charge in [0.1, 0.15) is 25.6 Å². The molecule has 3 rings (SSSR count). The average Bonchev–Trinajstić information content (AvgIpc) is 3.06. The Balaban J connectivity index is 1.78. The van der Waals surface area contributed by atoms with E-state index >= 15 is 0 Å². The molecule has 0 unspecified atom stereocenters. The van der Waals surface area contributed by atoms with E-state index in [-0.39, 0.29) is 19.8 Å². The molecule has 2 aromatic rings. The minimum absolute atomic E-state index is 0.00879. The predicted molar refractivity (Wildman–Crippen MR) is 138 cm³/mol. The summed E-state index contributed by atoms with van der Waals surface area (Å²) in [6.07, 6.45) is 2.20. The second kappa shape index (κ2) is 11.1. The van der Waals surface area contributed by atoms with Crippen molar-refractivity contribution in [2.45, 2.75) is 65.6 Å². The van der Waals surface area contributed by atoms with E-state index in [9.17, 15) is 9.59 Å². The minimum atomic E-state index is -0.541. The third kappa shape index (κ3) is 6.44. The van der Waals surface area contributed by atoms with Gasteiger partial charge >= 0.3 is 19.1 Å². The normalized spacial score (nSPS) is 15.8. The van der Waals surface area contributed by atoms with Crippen molar-refractivity contribution >= 4 is 24.5 Å². The molecule has 0 radical (unpaired) electrons. The summed E-state index contributed by atoms with van der Waals surface area (Å²) in [4.78, 5) is 23.3. The first kappa shape index (κ1) is 27.2. The van der Waals surface area contributed by atoms with Crippen LogP contribution in [0.3, 0.4) is 0 Å². The fourth-order valence-corrected chi connectivity index (χ4v) is 3.65. The summed E-state index contributed by atoms with van der Waals surface area (Å²) in [5.41, 5.74) is 3.22. The molecule has 2 aromatic carbocycles. The molecule has 1 aliphatic heterocycles. The minimum Gasteiger partial charge on any atom is -0.488 e. The van der Waals surface area contributed by atoms with Crippen LogP contribution in [0.5, 0.6) is 5.75 Å². The first-order valence-electron chi connectivity index (χ1n) is 11.7. The second-order valence-electron chi connectivity index (χ2n) is 9.65. The van der Waals surface area contributed by atoms with Crippen LogP contribution in [0.1, 0.15) is 49.9 Å². The van der Waals surface area contributed by atoms with Crippen molar-refractivity contribution in [3.8, 4) is 5.75 Å². The van der Waals surface area contributed by atoms with Gasteiger partial charge in [0, 0.05) is 23.3 Å². The lowest BCUT2D eigenvalue weighted by atomic mass is 9.79. The maximum absolute atomic E-state index is 11.6. The zero-order valence-corrected chi connectivity index (χ0v) is 21.6. The van der Waals surface area contributed by atoms with Gasteiger partial charge in [-0.2, -0.15) is 0 Å². The zero-order chi connectivity index (χ0) is 26.5. The molecule has 1 saturated heterocycles. The van der Waals surface area contributed by atoms with Gasteiger partial charge in [0.2, 0.25) is 0 Å². The summed E-state index contributed by atoms with van der Waals surface area (Å²) >= 11 is 0. The highest BCUT2D eigenvalue weighted by Gasteiger charge is 2.51. The fourth-order valence-electron chi connectivity index (χ4n) is 3.65. The molecule has 0 amide bonds. The Morgan fingerprint density at radius 2 is 1.33 bits per heavy atom. The number of hydrogen-bond acceptors (Lipinski definition) is 7. The van der Waals surface area contributed by atoms with E-state index in [0.29, 0.717) is 16.9 Å². The summed E-state index contributed by atoms with van der Waals surface area (Å²) in [6.45, 7) is 17.1. The van der Waals surface area contributed by atoms with Crippen LogP contribution in [-0.4, -0.2) is 30.3 Å². The summed E-state index contributed by atoms with van der Waals surface area (Å²) < 4.78 is 28.9. The molecule has 1 aliphatic rings. The van der Waals surface area contributed by atoms with E-state index in [2.05, 4.69) is 13.2 Å². The highest BCUT2D eigenvalue weighted by molar-refractivity contribution is 6.62. The van der Waals surface area contributed by atoms with E-state index in [1.165, 1.54) is 0 Å². The summed E-state index contributed by atoms with van der Waals surface area (Å²) in [7, 11) is -0.445. The maximum Gasteiger partial charge on any atom is 0.494 e. The molecule has 0 atom stereocenters. The smallest absolute Gasteiger partial charge is 0.488 e. The van der Waals surface area contributed by atoms with Crippen LogP contribution in [0.15, 0.2) is 61.7 Å². The van der Waals surface area contributed by atoms with Gasteiger partial charge < -0.3 is 23.5 Å². The van der Waals surface area contributed by atoms with Gasteiger partial charge in [0.25, 0.3) is 0 Å². The molecule has 190 valence electrons. The third-order valence-corrected chi connectivity index (χ3v) is 6.35. The number of aryl methyl sites for hydroxylation is 1. The molecule has 8 heteroatoms. The Hall–Kier alpha value is -3.36. The first-order chi connectivity index (χ1) is 17.0. The lowest BCUT2D eigenvalue weighted by molar-refractivity contribution is -0.139. The SMILES string of the molecule is C=CC(=O)OCc1cc(C)cc(COC(=O)C=C)c1OCc1ccc(B2OC(C)(C)C(C)(C)O2)cc1. The molecule has 0 saturated carbocycles. The lowest BCUT2D eigenvalue weighted by Gasteiger charge is -2.32. The Labute approximate surface area is 213 Å². The molecular formula is C28H33BO7. The van der Waals surface area contributed by atoms with Gasteiger partial charge in [-0.15, -0.1) is 0 Å². The monoisotopic (exact) mass is 492 g/mol. The number of esters is 2. The number of hydrogen-bond donors (Lipinski definition) is 0. The van der Waals surface area contributed by atoms with Crippen LogP contribution >= 0.6 is 0 Å². The Bertz CT molecular complexity index is 1070. The van der Waals surface area contributed by atoms with Crippen molar-refractivity contribution in [2.24, 2.45) is 0 Å². The number of carbonyl (C=O) groups excluding carboxylic acids is 2. The van der Waals surface area contributed by atoms with Crippen LogP contribution in [0.25, 0.3) is 0 Å². The predicted octanol–water partition coefficient (Wildman–Crippen LogP) is 4.33. The first-order valence-corrected chi connectivity index (χ1v) is 11.7. The van der Waals surface area contributed by atoms with Crippen LogP contribution in [-0.2, 0) is 48.2 Å². The number of carbonyl (C=O) groups is 2. The summed E-state index contributed by atoms with van der Waals surface area (Å²) in [5.74, 6) is -0.592. The second-order valence-corrected chi connectivity index (χ2v) is 9.65. The molecule has 36 heavy (non-hydrogen) atoms. The average molecular weight is 492 g/mol. The highest BCUT2D eigenvalue weighted by atomic mass is 16.7. The van der Waals surface area contributed by atoms with Gasteiger partial charge in [0.05, 0.1) is 11.2 Å². The molecule has 0 bridgehead atoms. The number of benzene rings is 2. The van der Waals surface area contributed by atoms with Crippen molar-refractivity contribution in [3.63, 3.8) is 0 Å². The topological polar surface area (TPSA) is 80.3 Å². The van der Waals surface area contributed by atoms with Gasteiger partial charge in [-0.1, -0.05) is 43.0 Å². The molecule has 0 aliphatic carbocycles. The molecule has 0 N–H and O–H groups in total. The Kier molecular flexibility index (Phi) is 8.43. The molecule has 0 spiro atoms. The van der Waals surface area contributed by atoms with E-state index in [1.54, 1.807) is 0 Å². The Morgan fingerprint density at radius 3 is 1.78 bits per heavy atom. The van der Waals surface area contributed by atoms with Crippen LogP contribution in [0, 0.1) is 6.92 Å². The highest BCUT2D eigenvalue weighted by Crippen LogP contribution is 2.36. The van der Waals surface area contributed by atoms with Gasteiger partial charge in [-0.3, -0.25) is 0 Å². The van der Waals surface area contributed by atoms with E-state index in [0.717, 1.165) is 28.7 Å². The number of rotatable bonds is 10. The van der Waals surface area contributed by atoms with Crippen molar-refractivity contribution < 1.29 is 33.1 Å². The van der Waals surface area contributed by atoms with E-state index < -0.39 is 30.3 Å². The summed E-state index contributed by atoms with van der Waals surface area (Å²) in [6, 6.07) is 11.5. The molecule has 1 heterocycles. The Morgan fingerprint density at radius 1 is 0.861 bits per heavy atom. The fraction of sp³-hybridized carbons (Fsp3) is 0.357. The van der Waals surface area contributed by atoms with Crippen molar-refractivity contribution in [1.29, 1.82) is 0 Å². The molecular weight excluding hydrogens is 459 g/mol. The van der Waals surface area contributed by atoms with Crippen molar-refractivity contribution in [3.05, 3.63) is 84.0 Å². The van der Waals surface area contributed by atoms with Gasteiger partial charge in [-0.25, -0.2) is 9.59 Å². The van der Waals surface area contributed by atoms with Gasteiger partial charge in [-0.05, 0) is 57.8 Å². The van der Waals surface area contributed by atoms with Crippen molar-refractivity contribution in [1.82, 2.24) is 0 Å². The van der Waals surface area contributed by atoms with E-state index in [1.807, 2.05) is 71.0 Å². The molecule has 0 aromatic heterocycles. The third-order valence-electron chi connectivity index (χ3n) is 6.35. The quantitative estimate of drug-likeness (QED) is 0.278. The van der Waals surface area contributed by atoms with Crippen LogP contribution in [0.4, 0.5) is 0 Å². The zero-order valence-electron chi connectivity index (χ0n) is 21.6. The largest absolute Gasteiger partial charge is 0.494 e. The molecule has 7 nitrogen and oxygen atoms in total. The standard InChI is InChI=1S/C28H33BO7/c1-8-24(30)32-17-21-14-19(3)15-22(18-33-25(31)9-2)26(21)34-16-20-10-12-23(13-11-20)29-35-27(4,5)28(6,7)36-29/h8-15H,1-2,16-18H2,3-7H3. The van der Waals surface area contributed by atoms with Crippen molar-refractivity contribution in [2.75, 3.05) is 0 Å². The lowest BCUT2D eigenvalue weighted by Crippen LogP contribution is -2.41. The number of ether oxygens (including phenoxy) is 3.